The lowest BCUT2D eigenvalue weighted by Crippen LogP contribution is -2.44. The fourth-order valence-corrected chi connectivity index (χ4v) is 2.83. The minimum Gasteiger partial charge on any atom is -0.454 e. The summed E-state index contributed by atoms with van der Waals surface area (Å²) in [6, 6.07) is 5.57. The summed E-state index contributed by atoms with van der Waals surface area (Å²) in [4.78, 5) is 36.2. The largest absolute Gasteiger partial charge is 0.454 e. The lowest BCUT2D eigenvalue weighted by Gasteiger charge is -2.17. The Morgan fingerprint density at radius 1 is 1.22 bits per heavy atom. The molecule has 0 aromatic heterocycles. The Kier molecular flexibility index (Phi) is 8.93. The molecule has 150 valence electrons. The van der Waals surface area contributed by atoms with Gasteiger partial charge in [-0.1, -0.05) is 24.6 Å². The lowest BCUT2D eigenvalue weighted by molar-refractivity contribution is -0.150. The third-order valence-electron chi connectivity index (χ3n) is 3.57. The van der Waals surface area contributed by atoms with Gasteiger partial charge < -0.3 is 15.4 Å². The van der Waals surface area contributed by atoms with Crippen molar-refractivity contribution in [3.63, 3.8) is 0 Å². The van der Waals surface area contributed by atoms with E-state index in [4.69, 9.17) is 4.74 Å². The molecule has 0 radical (unpaired) electrons. The highest BCUT2D eigenvalue weighted by Gasteiger charge is 2.25. The van der Waals surface area contributed by atoms with Crippen molar-refractivity contribution in [2.24, 2.45) is 0 Å². The predicted molar refractivity (Wildman–Crippen MR) is 101 cm³/mol. The Morgan fingerprint density at radius 2 is 1.93 bits per heavy atom. The van der Waals surface area contributed by atoms with Crippen molar-refractivity contribution in [2.45, 2.75) is 32.7 Å². The summed E-state index contributed by atoms with van der Waals surface area (Å²) >= 11 is 0. The van der Waals surface area contributed by atoms with Crippen LogP contribution in [-0.4, -0.2) is 57.4 Å². The molecule has 2 N–H and O–H groups in total. The van der Waals surface area contributed by atoms with Crippen LogP contribution in [0.3, 0.4) is 0 Å². The fourth-order valence-electron chi connectivity index (χ4n) is 2.16. The number of esters is 1. The van der Waals surface area contributed by atoms with Crippen LogP contribution in [0.25, 0.3) is 0 Å². The molecule has 9 heteroatoms. The number of benzene rings is 1. The third kappa shape index (κ3) is 9.18. The van der Waals surface area contributed by atoms with Crippen molar-refractivity contribution in [1.29, 1.82) is 0 Å². The van der Waals surface area contributed by atoms with E-state index in [9.17, 15) is 22.8 Å². The minimum absolute atomic E-state index is 0.147. The highest BCUT2D eigenvalue weighted by molar-refractivity contribution is 7.90. The second-order valence-corrected chi connectivity index (χ2v) is 8.53. The average Bonchev–Trinajstić information content (AvgIpc) is 2.60. The van der Waals surface area contributed by atoms with Gasteiger partial charge in [-0.2, -0.15) is 0 Å². The number of amides is 2. The molecule has 0 saturated carbocycles. The number of carbonyl (C=O) groups excluding carboxylic acids is 3. The van der Waals surface area contributed by atoms with Gasteiger partial charge in [0.15, 0.2) is 6.61 Å². The number of hydrogen-bond acceptors (Lipinski definition) is 6. The number of nitrogens with one attached hydrogen (secondary N) is 2. The van der Waals surface area contributed by atoms with Gasteiger partial charge in [0, 0.05) is 18.4 Å². The molecule has 0 spiro atoms. The molecule has 0 saturated heterocycles. The van der Waals surface area contributed by atoms with Crippen LogP contribution in [-0.2, 0) is 24.2 Å². The van der Waals surface area contributed by atoms with Crippen LogP contribution in [0.15, 0.2) is 24.3 Å². The Labute approximate surface area is 159 Å². The maximum absolute atomic E-state index is 12.4. The summed E-state index contributed by atoms with van der Waals surface area (Å²) in [7, 11) is -3.34. The summed E-state index contributed by atoms with van der Waals surface area (Å²) in [5.41, 5.74) is 1.21. The van der Waals surface area contributed by atoms with Crippen molar-refractivity contribution in [1.82, 2.24) is 10.6 Å². The van der Waals surface area contributed by atoms with Crippen molar-refractivity contribution in [3.8, 4) is 0 Å². The predicted octanol–water partition coefficient (Wildman–Crippen LogP) is 0.598. The number of aryl methyl sites for hydroxylation is 1. The number of ether oxygens (including phenoxy) is 1. The van der Waals surface area contributed by atoms with Gasteiger partial charge >= 0.3 is 5.97 Å². The average molecular weight is 398 g/mol. The van der Waals surface area contributed by atoms with Crippen LogP contribution < -0.4 is 10.6 Å². The summed E-state index contributed by atoms with van der Waals surface area (Å²) < 4.78 is 27.8. The molecular weight excluding hydrogens is 372 g/mol. The van der Waals surface area contributed by atoms with Gasteiger partial charge in [-0.25, -0.2) is 13.2 Å². The molecule has 27 heavy (non-hydrogen) atoms. The number of hydrogen-bond donors (Lipinski definition) is 2. The molecule has 0 fully saturated rings. The van der Waals surface area contributed by atoms with Gasteiger partial charge in [0.2, 0.25) is 0 Å². The minimum atomic E-state index is -3.34. The van der Waals surface area contributed by atoms with Gasteiger partial charge in [0.25, 0.3) is 11.8 Å². The molecule has 0 aliphatic heterocycles. The van der Waals surface area contributed by atoms with Gasteiger partial charge in [-0.3, -0.25) is 9.59 Å². The summed E-state index contributed by atoms with van der Waals surface area (Å²) in [5, 5.41) is 5.05. The first-order valence-corrected chi connectivity index (χ1v) is 10.7. The third-order valence-corrected chi connectivity index (χ3v) is 4.54. The van der Waals surface area contributed by atoms with E-state index in [0.29, 0.717) is 12.1 Å². The number of rotatable bonds is 10. The van der Waals surface area contributed by atoms with E-state index in [1.165, 1.54) is 0 Å². The standard InChI is InChI=1S/C18H26N2O6S/c1-4-9-19-16(21)12-26-18(23)15(8-10-27(3,24)25)20-17(22)14-7-5-6-13(2)11-14/h5-7,11,15H,4,8-10,12H2,1-3H3,(H,19,21)(H,20,22)/t15-/m0/s1. The van der Waals surface area contributed by atoms with Crippen molar-refractivity contribution < 1.29 is 27.5 Å². The smallest absolute Gasteiger partial charge is 0.329 e. The normalized spacial score (nSPS) is 12.1. The van der Waals surface area contributed by atoms with E-state index in [1.54, 1.807) is 18.2 Å². The van der Waals surface area contributed by atoms with Crippen molar-refractivity contribution in [3.05, 3.63) is 35.4 Å². The van der Waals surface area contributed by atoms with Crippen LogP contribution >= 0.6 is 0 Å². The van der Waals surface area contributed by atoms with Gasteiger partial charge in [0.1, 0.15) is 15.9 Å². The topological polar surface area (TPSA) is 119 Å². The first-order valence-electron chi connectivity index (χ1n) is 8.61. The zero-order valence-corrected chi connectivity index (χ0v) is 16.6. The van der Waals surface area contributed by atoms with E-state index in [1.807, 2.05) is 19.9 Å². The molecule has 0 aliphatic rings. The highest BCUT2D eigenvalue weighted by atomic mass is 32.2. The molecule has 2 amide bonds. The number of sulfone groups is 1. The number of carbonyl (C=O) groups is 3. The highest BCUT2D eigenvalue weighted by Crippen LogP contribution is 2.06. The van der Waals surface area contributed by atoms with E-state index < -0.39 is 40.3 Å². The first kappa shape index (κ1) is 22.6. The van der Waals surface area contributed by atoms with Crippen molar-refractivity contribution >= 4 is 27.6 Å². The Balaban J connectivity index is 2.78. The van der Waals surface area contributed by atoms with E-state index in [0.717, 1.165) is 18.2 Å². The van der Waals surface area contributed by atoms with E-state index >= 15 is 0 Å². The molecule has 1 aromatic rings. The first-order chi connectivity index (χ1) is 12.6. The molecule has 0 unspecified atom stereocenters. The molecule has 0 bridgehead atoms. The molecule has 0 aliphatic carbocycles. The van der Waals surface area contributed by atoms with Crippen molar-refractivity contribution in [2.75, 3.05) is 25.2 Å². The van der Waals surface area contributed by atoms with Gasteiger partial charge in [-0.15, -0.1) is 0 Å². The zero-order valence-electron chi connectivity index (χ0n) is 15.8. The quantitative estimate of drug-likeness (QED) is 0.557. The summed E-state index contributed by atoms with van der Waals surface area (Å²) in [5.74, 6) is -2.14. The maximum atomic E-state index is 12.4. The van der Waals surface area contributed by atoms with E-state index in [2.05, 4.69) is 10.6 Å². The van der Waals surface area contributed by atoms with Gasteiger partial charge in [-0.05, 0) is 31.9 Å². The molecule has 1 rings (SSSR count). The molecule has 1 aromatic carbocycles. The summed E-state index contributed by atoms with van der Waals surface area (Å²) in [6.45, 7) is 3.67. The SMILES string of the molecule is CCCNC(=O)COC(=O)[C@H](CCS(C)(=O)=O)NC(=O)c1cccc(C)c1. The van der Waals surface area contributed by atoms with Crippen LogP contribution in [0, 0.1) is 6.92 Å². The maximum Gasteiger partial charge on any atom is 0.329 e. The second kappa shape index (κ2) is 10.7. The monoisotopic (exact) mass is 398 g/mol. The molecule has 0 heterocycles. The van der Waals surface area contributed by atoms with Crippen LogP contribution in [0.5, 0.6) is 0 Å². The van der Waals surface area contributed by atoms with Gasteiger partial charge in [0.05, 0.1) is 5.75 Å². The zero-order chi connectivity index (χ0) is 20.4. The van der Waals surface area contributed by atoms with Crippen LogP contribution in [0.1, 0.15) is 35.7 Å². The molecule has 8 nitrogen and oxygen atoms in total. The lowest BCUT2D eigenvalue weighted by atomic mass is 10.1. The molecule has 1 atom stereocenters. The Morgan fingerprint density at radius 3 is 2.52 bits per heavy atom. The molecular formula is C18H26N2O6S. The van der Waals surface area contributed by atoms with Crippen LogP contribution in [0.4, 0.5) is 0 Å². The van der Waals surface area contributed by atoms with Crippen LogP contribution in [0.2, 0.25) is 0 Å². The second-order valence-electron chi connectivity index (χ2n) is 6.27. The Bertz CT molecular complexity index is 776. The van der Waals surface area contributed by atoms with E-state index in [-0.39, 0.29) is 12.2 Å². The Hall–Kier alpha value is -2.42. The summed E-state index contributed by atoms with van der Waals surface area (Å²) in [6.07, 6.45) is 1.63. The fraction of sp³-hybridized carbons (Fsp3) is 0.500.